The minimum atomic E-state index is 0.201. The summed E-state index contributed by atoms with van der Waals surface area (Å²) in [6, 6.07) is 10.7. The van der Waals surface area contributed by atoms with Gasteiger partial charge in [0.1, 0.15) is 0 Å². The van der Waals surface area contributed by atoms with Crippen LogP contribution in [0.1, 0.15) is 37.6 Å². The molecular formula is C16H22ClN3. The summed E-state index contributed by atoms with van der Waals surface area (Å²) in [5.41, 5.74) is 2.40. The Labute approximate surface area is 126 Å². The monoisotopic (exact) mass is 291 g/mol. The molecule has 1 N–H and O–H groups in total. The van der Waals surface area contributed by atoms with Crippen molar-refractivity contribution >= 4 is 11.6 Å². The minimum Gasteiger partial charge on any atom is -0.308 e. The Balaban J connectivity index is 2.24. The van der Waals surface area contributed by atoms with Crippen molar-refractivity contribution in [3.8, 4) is 0 Å². The van der Waals surface area contributed by atoms with Crippen LogP contribution in [0.5, 0.6) is 0 Å². The fraction of sp³-hybridized carbons (Fsp3) is 0.438. The Morgan fingerprint density at radius 3 is 2.65 bits per heavy atom. The molecule has 1 heterocycles. The van der Waals surface area contributed by atoms with Crippen molar-refractivity contribution in [2.24, 2.45) is 0 Å². The predicted molar refractivity (Wildman–Crippen MR) is 84.1 cm³/mol. The smallest absolute Gasteiger partial charge is 0.0834 e. The van der Waals surface area contributed by atoms with E-state index in [4.69, 9.17) is 11.6 Å². The van der Waals surface area contributed by atoms with Gasteiger partial charge < -0.3 is 5.32 Å². The highest BCUT2D eigenvalue weighted by Crippen LogP contribution is 2.25. The van der Waals surface area contributed by atoms with Crippen molar-refractivity contribution < 1.29 is 0 Å². The van der Waals surface area contributed by atoms with E-state index in [2.05, 4.69) is 48.5 Å². The predicted octanol–water partition coefficient (Wildman–Crippen LogP) is 3.84. The molecule has 0 fully saturated rings. The average molecular weight is 292 g/mol. The van der Waals surface area contributed by atoms with E-state index in [-0.39, 0.29) is 6.04 Å². The van der Waals surface area contributed by atoms with E-state index in [1.807, 2.05) is 10.7 Å². The van der Waals surface area contributed by atoms with Gasteiger partial charge in [0.25, 0.3) is 0 Å². The molecule has 1 unspecified atom stereocenters. The summed E-state index contributed by atoms with van der Waals surface area (Å²) in [6.07, 6.45) is 3.77. The first-order valence-electron chi connectivity index (χ1n) is 7.24. The molecule has 108 valence electrons. The van der Waals surface area contributed by atoms with Crippen LogP contribution in [0.4, 0.5) is 0 Å². The third-order valence-corrected chi connectivity index (χ3v) is 3.68. The fourth-order valence-corrected chi connectivity index (χ4v) is 2.68. The van der Waals surface area contributed by atoms with Gasteiger partial charge in [-0.05, 0) is 31.9 Å². The van der Waals surface area contributed by atoms with Crippen molar-refractivity contribution in [1.82, 2.24) is 15.1 Å². The maximum Gasteiger partial charge on any atom is 0.0834 e. The number of nitrogens with zero attached hydrogens (tertiary/aromatic N) is 2. The number of hydrogen-bond acceptors (Lipinski definition) is 2. The molecule has 0 bridgehead atoms. The third kappa shape index (κ3) is 3.62. The number of halogens is 1. The van der Waals surface area contributed by atoms with Gasteiger partial charge in [0.05, 0.1) is 23.0 Å². The van der Waals surface area contributed by atoms with E-state index in [1.54, 1.807) is 6.20 Å². The van der Waals surface area contributed by atoms with Crippen molar-refractivity contribution in [1.29, 1.82) is 0 Å². The average Bonchev–Trinajstić information content (AvgIpc) is 2.85. The van der Waals surface area contributed by atoms with Gasteiger partial charge in [-0.25, -0.2) is 0 Å². The maximum absolute atomic E-state index is 6.34. The molecule has 0 aliphatic carbocycles. The SMILES string of the molecule is CCCNC(Cc1ccccc1)c1c(Cl)cnn1CC. The van der Waals surface area contributed by atoms with Gasteiger partial charge in [0.15, 0.2) is 0 Å². The molecular weight excluding hydrogens is 270 g/mol. The standard InChI is InChI=1S/C16H22ClN3/c1-3-10-18-15(11-13-8-6-5-7-9-13)16-14(17)12-19-20(16)4-2/h5-9,12,15,18H,3-4,10-11H2,1-2H3. The molecule has 1 aromatic carbocycles. The first-order valence-corrected chi connectivity index (χ1v) is 7.62. The number of benzene rings is 1. The van der Waals surface area contributed by atoms with Gasteiger partial charge in [0, 0.05) is 6.54 Å². The van der Waals surface area contributed by atoms with Crippen LogP contribution in [0.25, 0.3) is 0 Å². The number of nitrogens with one attached hydrogen (secondary N) is 1. The lowest BCUT2D eigenvalue weighted by molar-refractivity contribution is 0.479. The summed E-state index contributed by atoms with van der Waals surface area (Å²) in [7, 11) is 0. The van der Waals surface area contributed by atoms with Gasteiger partial charge >= 0.3 is 0 Å². The van der Waals surface area contributed by atoms with E-state index in [1.165, 1.54) is 5.56 Å². The van der Waals surface area contributed by atoms with Gasteiger partial charge in [-0.15, -0.1) is 0 Å². The molecule has 0 aliphatic heterocycles. The van der Waals surface area contributed by atoms with Gasteiger partial charge in [-0.3, -0.25) is 4.68 Å². The maximum atomic E-state index is 6.34. The molecule has 0 spiro atoms. The van der Waals surface area contributed by atoms with Crippen LogP contribution >= 0.6 is 11.6 Å². The van der Waals surface area contributed by atoms with Gasteiger partial charge in [-0.2, -0.15) is 5.10 Å². The zero-order valence-corrected chi connectivity index (χ0v) is 12.9. The highest BCUT2D eigenvalue weighted by molar-refractivity contribution is 6.31. The Morgan fingerprint density at radius 1 is 1.25 bits per heavy atom. The number of rotatable bonds is 7. The molecule has 0 amide bonds. The van der Waals surface area contributed by atoms with Crippen molar-refractivity contribution in [3.05, 3.63) is 52.8 Å². The van der Waals surface area contributed by atoms with Crippen LogP contribution in [0.2, 0.25) is 5.02 Å². The number of aromatic nitrogens is 2. The van der Waals surface area contributed by atoms with E-state index in [0.29, 0.717) is 0 Å². The van der Waals surface area contributed by atoms with Crippen LogP contribution in [-0.4, -0.2) is 16.3 Å². The number of aryl methyl sites for hydroxylation is 1. The van der Waals surface area contributed by atoms with E-state index >= 15 is 0 Å². The largest absolute Gasteiger partial charge is 0.308 e. The third-order valence-electron chi connectivity index (χ3n) is 3.39. The van der Waals surface area contributed by atoms with Crippen LogP contribution in [0.15, 0.2) is 36.5 Å². The lowest BCUT2D eigenvalue weighted by atomic mass is 10.0. The van der Waals surface area contributed by atoms with Crippen molar-refractivity contribution in [2.45, 2.75) is 39.3 Å². The molecule has 20 heavy (non-hydrogen) atoms. The van der Waals surface area contributed by atoms with Crippen molar-refractivity contribution in [2.75, 3.05) is 6.54 Å². The lowest BCUT2D eigenvalue weighted by Gasteiger charge is -2.20. The van der Waals surface area contributed by atoms with Gasteiger partial charge in [-0.1, -0.05) is 48.9 Å². The Hall–Kier alpha value is -1.32. The van der Waals surface area contributed by atoms with E-state index in [9.17, 15) is 0 Å². The van der Waals surface area contributed by atoms with E-state index in [0.717, 1.165) is 36.6 Å². The van der Waals surface area contributed by atoms with Crippen LogP contribution in [0, 0.1) is 0 Å². The van der Waals surface area contributed by atoms with Crippen LogP contribution in [-0.2, 0) is 13.0 Å². The summed E-state index contributed by atoms with van der Waals surface area (Å²) >= 11 is 6.34. The molecule has 0 radical (unpaired) electrons. The Morgan fingerprint density at radius 2 is 2.00 bits per heavy atom. The summed E-state index contributed by atoms with van der Waals surface area (Å²) < 4.78 is 1.98. The van der Waals surface area contributed by atoms with E-state index < -0.39 is 0 Å². The summed E-state index contributed by atoms with van der Waals surface area (Å²) in [6.45, 7) is 6.07. The molecule has 0 saturated carbocycles. The molecule has 0 aliphatic rings. The highest BCUT2D eigenvalue weighted by Gasteiger charge is 2.19. The van der Waals surface area contributed by atoms with Crippen LogP contribution in [0.3, 0.4) is 0 Å². The highest BCUT2D eigenvalue weighted by atomic mass is 35.5. The summed E-state index contributed by atoms with van der Waals surface area (Å²) in [5, 5.41) is 8.69. The summed E-state index contributed by atoms with van der Waals surface area (Å²) in [5.74, 6) is 0. The normalized spacial score (nSPS) is 12.6. The zero-order valence-electron chi connectivity index (χ0n) is 12.1. The molecule has 0 saturated heterocycles. The first kappa shape index (κ1) is 15.1. The second kappa shape index (κ2) is 7.46. The Bertz CT molecular complexity index is 522. The molecule has 3 nitrogen and oxygen atoms in total. The molecule has 4 heteroatoms. The molecule has 1 aromatic heterocycles. The second-order valence-corrected chi connectivity index (χ2v) is 5.30. The van der Waals surface area contributed by atoms with Crippen LogP contribution < -0.4 is 5.32 Å². The second-order valence-electron chi connectivity index (χ2n) is 4.89. The molecule has 2 rings (SSSR count). The first-order chi connectivity index (χ1) is 9.76. The minimum absolute atomic E-state index is 0.201. The summed E-state index contributed by atoms with van der Waals surface area (Å²) in [4.78, 5) is 0. The van der Waals surface area contributed by atoms with Gasteiger partial charge in [0.2, 0.25) is 0 Å². The van der Waals surface area contributed by atoms with Crippen molar-refractivity contribution in [3.63, 3.8) is 0 Å². The molecule has 2 aromatic rings. The Kier molecular flexibility index (Phi) is 5.62. The quantitative estimate of drug-likeness (QED) is 0.840. The molecule has 1 atom stereocenters. The lowest BCUT2D eigenvalue weighted by Crippen LogP contribution is -2.27. The zero-order chi connectivity index (χ0) is 14.4. The topological polar surface area (TPSA) is 29.9 Å². The number of hydrogen-bond donors (Lipinski definition) is 1. The fourth-order valence-electron chi connectivity index (χ4n) is 2.40.